The SMILES string of the molecule is CCC(CC)CNCc1nnc(-c2ccccc2)o1. The fourth-order valence-corrected chi connectivity index (χ4v) is 1.98. The third-order valence-corrected chi connectivity index (χ3v) is 3.35. The van der Waals surface area contributed by atoms with E-state index in [4.69, 9.17) is 4.42 Å². The second kappa shape index (κ2) is 7.04. The summed E-state index contributed by atoms with van der Waals surface area (Å²) >= 11 is 0. The molecule has 1 N–H and O–H groups in total. The van der Waals surface area contributed by atoms with Gasteiger partial charge in [0.05, 0.1) is 6.54 Å². The molecule has 0 saturated carbocycles. The van der Waals surface area contributed by atoms with Gasteiger partial charge in [0, 0.05) is 5.56 Å². The van der Waals surface area contributed by atoms with Crippen LogP contribution in [-0.4, -0.2) is 16.7 Å². The maximum Gasteiger partial charge on any atom is 0.247 e. The van der Waals surface area contributed by atoms with Crippen LogP contribution in [0.3, 0.4) is 0 Å². The molecule has 0 amide bonds. The average Bonchev–Trinajstić information content (AvgIpc) is 2.93. The Kier molecular flexibility index (Phi) is 5.10. The lowest BCUT2D eigenvalue weighted by atomic mass is 10.0. The number of rotatable bonds is 7. The van der Waals surface area contributed by atoms with Gasteiger partial charge < -0.3 is 9.73 Å². The second-order valence-electron chi connectivity index (χ2n) is 4.68. The molecule has 0 bridgehead atoms. The van der Waals surface area contributed by atoms with E-state index in [1.807, 2.05) is 30.3 Å². The molecule has 0 aliphatic carbocycles. The minimum absolute atomic E-state index is 0.583. The molecule has 1 heterocycles. The summed E-state index contributed by atoms with van der Waals surface area (Å²) in [7, 11) is 0. The van der Waals surface area contributed by atoms with Crippen LogP contribution in [0, 0.1) is 5.92 Å². The topological polar surface area (TPSA) is 51.0 Å². The largest absolute Gasteiger partial charge is 0.419 e. The standard InChI is InChI=1S/C15H21N3O/c1-3-12(4-2)10-16-11-14-17-18-15(19-14)13-8-6-5-7-9-13/h5-9,12,16H,3-4,10-11H2,1-2H3. The molecule has 102 valence electrons. The van der Waals surface area contributed by atoms with Gasteiger partial charge in [0.1, 0.15) is 0 Å². The van der Waals surface area contributed by atoms with E-state index in [0.717, 1.165) is 18.0 Å². The van der Waals surface area contributed by atoms with Crippen LogP contribution in [-0.2, 0) is 6.54 Å². The van der Waals surface area contributed by atoms with Crippen molar-refractivity contribution >= 4 is 0 Å². The van der Waals surface area contributed by atoms with Crippen LogP contribution >= 0.6 is 0 Å². The highest BCUT2D eigenvalue weighted by Gasteiger charge is 2.08. The first-order valence-corrected chi connectivity index (χ1v) is 6.92. The van der Waals surface area contributed by atoms with Crippen LogP contribution in [0.4, 0.5) is 0 Å². The summed E-state index contributed by atoms with van der Waals surface area (Å²) in [5, 5.41) is 11.5. The molecule has 0 spiro atoms. The summed E-state index contributed by atoms with van der Waals surface area (Å²) in [4.78, 5) is 0. The number of hydrogen-bond donors (Lipinski definition) is 1. The van der Waals surface area contributed by atoms with Gasteiger partial charge in [-0.25, -0.2) is 0 Å². The van der Waals surface area contributed by atoms with E-state index in [-0.39, 0.29) is 0 Å². The van der Waals surface area contributed by atoms with Crippen molar-refractivity contribution in [1.82, 2.24) is 15.5 Å². The third kappa shape index (κ3) is 3.89. The maximum absolute atomic E-state index is 5.63. The predicted molar refractivity (Wildman–Crippen MR) is 75.5 cm³/mol. The molecule has 4 heteroatoms. The normalized spacial score (nSPS) is 11.1. The van der Waals surface area contributed by atoms with Gasteiger partial charge >= 0.3 is 0 Å². The van der Waals surface area contributed by atoms with Gasteiger partial charge in [-0.1, -0.05) is 44.9 Å². The van der Waals surface area contributed by atoms with Gasteiger partial charge in [0.2, 0.25) is 11.8 Å². The van der Waals surface area contributed by atoms with Gasteiger partial charge in [0.25, 0.3) is 0 Å². The summed E-state index contributed by atoms with van der Waals surface area (Å²) < 4.78 is 5.63. The maximum atomic E-state index is 5.63. The molecule has 0 fully saturated rings. The van der Waals surface area contributed by atoms with Crippen molar-refractivity contribution in [3.05, 3.63) is 36.2 Å². The molecule has 4 nitrogen and oxygen atoms in total. The lowest BCUT2D eigenvalue weighted by molar-refractivity contribution is 0.419. The summed E-state index contributed by atoms with van der Waals surface area (Å²) in [5.74, 6) is 1.95. The molecule has 2 rings (SSSR count). The number of aromatic nitrogens is 2. The number of nitrogens with one attached hydrogen (secondary N) is 1. The average molecular weight is 259 g/mol. The first kappa shape index (κ1) is 13.7. The highest BCUT2D eigenvalue weighted by atomic mass is 16.4. The van der Waals surface area contributed by atoms with Crippen LogP contribution in [0.25, 0.3) is 11.5 Å². The van der Waals surface area contributed by atoms with Crippen LogP contribution in [0.1, 0.15) is 32.6 Å². The van der Waals surface area contributed by atoms with Gasteiger partial charge in [0.15, 0.2) is 0 Å². The Morgan fingerprint density at radius 3 is 2.53 bits per heavy atom. The van der Waals surface area contributed by atoms with Gasteiger partial charge in [-0.15, -0.1) is 10.2 Å². The molecule has 0 radical (unpaired) electrons. The molecule has 0 aliphatic rings. The van der Waals surface area contributed by atoms with E-state index in [0.29, 0.717) is 18.3 Å². The summed E-state index contributed by atoms with van der Waals surface area (Å²) in [6, 6.07) is 9.83. The zero-order valence-electron chi connectivity index (χ0n) is 11.6. The number of benzene rings is 1. The minimum atomic E-state index is 0.583. The molecule has 2 aromatic rings. The van der Waals surface area contributed by atoms with Gasteiger partial charge in [-0.05, 0) is 24.6 Å². The Bertz CT molecular complexity index is 477. The van der Waals surface area contributed by atoms with Gasteiger partial charge in [-0.2, -0.15) is 0 Å². The van der Waals surface area contributed by atoms with Crippen LogP contribution in [0.5, 0.6) is 0 Å². The number of nitrogens with zero attached hydrogens (tertiary/aromatic N) is 2. The van der Waals surface area contributed by atoms with Crippen LogP contribution in [0.2, 0.25) is 0 Å². The lowest BCUT2D eigenvalue weighted by Gasteiger charge is -2.11. The minimum Gasteiger partial charge on any atom is -0.419 e. The van der Waals surface area contributed by atoms with Crippen molar-refractivity contribution in [2.75, 3.05) is 6.54 Å². The summed E-state index contributed by atoms with van der Waals surface area (Å²) in [6.45, 7) is 6.07. The predicted octanol–water partition coefficient (Wildman–Crippen LogP) is 3.26. The molecule has 19 heavy (non-hydrogen) atoms. The Balaban J connectivity index is 1.88. The van der Waals surface area contributed by atoms with Crippen molar-refractivity contribution in [2.24, 2.45) is 5.92 Å². The van der Waals surface area contributed by atoms with Crippen molar-refractivity contribution in [3.63, 3.8) is 0 Å². The van der Waals surface area contributed by atoms with E-state index in [9.17, 15) is 0 Å². The molecule has 1 aromatic heterocycles. The molecule has 0 unspecified atom stereocenters. The molecule has 1 aromatic carbocycles. The quantitative estimate of drug-likeness (QED) is 0.829. The van der Waals surface area contributed by atoms with E-state index in [1.165, 1.54) is 12.8 Å². The van der Waals surface area contributed by atoms with Crippen molar-refractivity contribution < 1.29 is 4.42 Å². The zero-order chi connectivity index (χ0) is 13.5. The third-order valence-electron chi connectivity index (χ3n) is 3.35. The van der Waals surface area contributed by atoms with E-state index in [1.54, 1.807) is 0 Å². The zero-order valence-corrected chi connectivity index (χ0v) is 11.6. The summed E-state index contributed by atoms with van der Waals surface area (Å²) in [6.07, 6.45) is 2.39. The molecular weight excluding hydrogens is 238 g/mol. The smallest absolute Gasteiger partial charge is 0.247 e. The Morgan fingerprint density at radius 1 is 1.11 bits per heavy atom. The lowest BCUT2D eigenvalue weighted by Crippen LogP contribution is -2.21. The Morgan fingerprint density at radius 2 is 1.84 bits per heavy atom. The molecular formula is C15H21N3O. The Hall–Kier alpha value is -1.68. The van der Waals surface area contributed by atoms with Crippen molar-refractivity contribution in [1.29, 1.82) is 0 Å². The Labute approximate surface area is 114 Å². The first-order chi connectivity index (χ1) is 9.33. The van der Waals surface area contributed by atoms with E-state index in [2.05, 4.69) is 29.4 Å². The molecule has 0 atom stereocenters. The van der Waals surface area contributed by atoms with Gasteiger partial charge in [-0.3, -0.25) is 0 Å². The van der Waals surface area contributed by atoms with E-state index < -0.39 is 0 Å². The molecule has 0 aliphatic heterocycles. The fraction of sp³-hybridized carbons (Fsp3) is 0.467. The monoisotopic (exact) mass is 259 g/mol. The van der Waals surface area contributed by atoms with Crippen LogP contribution < -0.4 is 5.32 Å². The van der Waals surface area contributed by atoms with Crippen LogP contribution in [0.15, 0.2) is 34.7 Å². The summed E-state index contributed by atoms with van der Waals surface area (Å²) in [5.41, 5.74) is 0.959. The first-order valence-electron chi connectivity index (χ1n) is 6.92. The second-order valence-corrected chi connectivity index (χ2v) is 4.68. The highest BCUT2D eigenvalue weighted by molar-refractivity contribution is 5.51. The highest BCUT2D eigenvalue weighted by Crippen LogP contribution is 2.16. The van der Waals surface area contributed by atoms with Crippen molar-refractivity contribution in [2.45, 2.75) is 33.2 Å². The van der Waals surface area contributed by atoms with Crippen molar-refractivity contribution in [3.8, 4) is 11.5 Å². The fourth-order valence-electron chi connectivity index (χ4n) is 1.98. The number of hydrogen-bond acceptors (Lipinski definition) is 4. The van der Waals surface area contributed by atoms with E-state index >= 15 is 0 Å². The molecule has 0 saturated heterocycles.